The van der Waals surface area contributed by atoms with Gasteiger partial charge in [-0.05, 0) is 22.4 Å². The van der Waals surface area contributed by atoms with Gasteiger partial charge in [-0.1, -0.05) is 0 Å². The third-order valence-corrected chi connectivity index (χ3v) is 4.51. The van der Waals surface area contributed by atoms with Crippen LogP contribution in [0.5, 0.6) is 0 Å². The highest BCUT2D eigenvalue weighted by Crippen LogP contribution is 2.27. The lowest BCUT2D eigenvalue weighted by molar-refractivity contribution is -0.117. The molecule has 0 spiro atoms. The van der Waals surface area contributed by atoms with E-state index in [1.807, 2.05) is 15.8 Å². The number of aromatic nitrogens is 4. The minimum atomic E-state index is 0.193. The Bertz CT molecular complexity index is 694. The Kier molecular flexibility index (Phi) is 3.33. The highest BCUT2D eigenvalue weighted by molar-refractivity contribution is 9.10. The molecule has 0 unspecified atom stereocenters. The summed E-state index contributed by atoms with van der Waals surface area (Å²) in [5, 5.41) is 4.41. The van der Waals surface area contributed by atoms with Crippen molar-refractivity contribution in [1.82, 2.24) is 19.7 Å². The Morgan fingerprint density at radius 1 is 1.18 bits per heavy atom. The summed E-state index contributed by atoms with van der Waals surface area (Å²) in [6.07, 6.45) is 8.82. The van der Waals surface area contributed by atoms with Gasteiger partial charge in [0.2, 0.25) is 11.9 Å². The lowest BCUT2D eigenvalue weighted by atomic mass is 10.1. The summed E-state index contributed by atoms with van der Waals surface area (Å²) in [5.74, 6) is 0.930. The fourth-order valence-electron chi connectivity index (χ4n) is 2.84. The zero-order chi connectivity index (χ0) is 15.1. The summed E-state index contributed by atoms with van der Waals surface area (Å²) < 4.78 is 2.82. The third kappa shape index (κ3) is 2.37. The van der Waals surface area contributed by atoms with Crippen molar-refractivity contribution in [2.24, 2.45) is 0 Å². The summed E-state index contributed by atoms with van der Waals surface area (Å²) in [7, 11) is 0. The second kappa shape index (κ2) is 5.35. The number of carbonyl (C=O) groups excluding carboxylic acids is 1. The highest BCUT2D eigenvalue weighted by atomic mass is 79.9. The van der Waals surface area contributed by atoms with Gasteiger partial charge >= 0.3 is 0 Å². The van der Waals surface area contributed by atoms with Gasteiger partial charge in [0.1, 0.15) is 0 Å². The zero-order valence-electron chi connectivity index (χ0n) is 11.9. The Morgan fingerprint density at radius 2 is 1.95 bits per heavy atom. The number of carbonyl (C=O) groups is 1. The standard InChI is InChI=1S/C14H15BrN6O/c15-10-4-16-14(17-5-10)19-7-12(8-19)21-9-11(6-18-21)20-3-1-2-13(20)22/h4-6,9,12H,1-3,7-8H2. The van der Waals surface area contributed by atoms with Gasteiger partial charge in [-0.2, -0.15) is 5.10 Å². The molecule has 8 heteroatoms. The van der Waals surface area contributed by atoms with E-state index in [0.717, 1.165) is 42.2 Å². The average Bonchev–Trinajstić information content (AvgIpc) is 3.08. The van der Waals surface area contributed by atoms with Crippen molar-refractivity contribution in [3.63, 3.8) is 0 Å². The van der Waals surface area contributed by atoms with Crippen LogP contribution >= 0.6 is 15.9 Å². The van der Waals surface area contributed by atoms with Gasteiger partial charge < -0.3 is 9.80 Å². The Hall–Kier alpha value is -1.96. The van der Waals surface area contributed by atoms with Crippen molar-refractivity contribution in [3.05, 3.63) is 29.3 Å². The van der Waals surface area contributed by atoms with E-state index in [1.165, 1.54) is 0 Å². The third-order valence-electron chi connectivity index (χ3n) is 4.10. The maximum atomic E-state index is 11.8. The number of rotatable bonds is 3. The number of hydrogen-bond acceptors (Lipinski definition) is 5. The zero-order valence-corrected chi connectivity index (χ0v) is 13.5. The van der Waals surface area contributed by atoms with E-state index in [4.69, 9.17) is 0 Å². The van der Waals surface area contributed by atoms with Gasteiger partial charge in [0.15, 0.2) is 0 Å². The predicted molar refractivity (Wildman–Crippen MR) is 84.8 cm³/mol. The lowest BCUT2D eigenvalue weighted by Gasteiger charge is -2.39. The van der Waals surface area contributed by atoms with Crippen molar-refractivity contribution in [2.75, 3.05) is 29.4 Å². The molecule has 0 bridgehead atoms. The second-order valence-corrected chi connectivity index (χ2v) is 6.50. The number of nitrogens with zero attached hydrogens (tertiary/aromatic N) is 6. The van der Waals surface area contributed by atoms with Crippen molar-refractivity contribution >= 4 is 33.5 Å². The molecule has 2 saturated heterocycles. The smallest absolute Gasteiger partial charge is 0.227 e. The molecule has 4 rings (SSSR count). The normalized spacial score (nSPS) is 18.9. The first-order valence-corrected chi connectivity index (χ1v) is 8.07. The van der Waals surface area contributed by atoms with Crippen LogP contribution in [0.1, 0.15) is 18.9 Å². The highest BCUT2D eigenvalue weighted by Gasteiger charge is 2.31. The van der Waals surface area contributed by atoms with E-state index < -0.39 is 0 Å². The van der Waals surface area contributed by atoms with Crippen LogP contribution in [-0.4, -0.2) is 45.3 Å². The quantitative estimate of drug-likeness (QED) is 0.829. The van der Waals surface area contributed by atoms with Crippen molar-refractivity contribution in [3.8, 4) is 0 Å². The van der Waals surface area contributed by atoms with Crippen LogP contribution in [-0.2, 0) is 4.79 Å². The first kappa shape index (κ1) is 13.7. The summed E-state index contributed by atoms with van der Waals surface area (Å²) in [6, 6.07) is 0.304. The maximum absolute atomic E-state index is 11.8. The van der Waals surface area contributed by atoms with E-state index in [2.05, 4.69) is 35.9 Å². The summed E-state index contributed by atoms with van der Waals surface area (Å²) in [5.41, 5.74) is 0.904. The molecule has 1 amide bonds. The first-order chi connectivity index (χ1) is 10.7. The lowest BCUT2D eigenvalue weighted by Crippen LogP contribution is -2.48. The fraction of sp³-hybridized carbons (Fsp3) is 0.429. The number of anilines is 2. The van der Waals surface area contributed by atoms with Crippen LogP contribution in [0.4, 0.5) is 11.6 Å². The molecule has 114 valence electrons. The minimum absolute atomic E-state index is 0.193. The molecule has 0 atom stereocenters. The topological polar surface area (TPSA) is 67.2 Å². The van der Waals surface area contributed by atoms with Crippen molar-refractivity contribution in [2.45, 2.75) is 18.9 Å². The summed E-state index contributed by atoms with van der Waals surface area (Å²) in [4.78, 5) is 24.3. The van der Waals surface area contributed by atoms with Gasteiger partial charge in [0, 0.05) is 44.6 Å². The minimum Gasteiger partial charge on any atom is -0.336 e. The van der Waals surface area contributed by atoms with E-state index in [1.54, 1.807) is 18.6 Å². The Morgan fingerprint density at radius 3 is 2.64 bits per heavy atom. The van der Waals surface area contributed by atoms with Gasteiger partial charge in [-0.25, -0.2) is 9.97 Å². The van der Waals surface area contributed by atoms with Gasteiger partial charge in [-0.3, -0.25) is 9.48 Å². The van der Waals surface area contributed by atoms with Crippen LogP contribution in [0.25, 0.3) is 0 Å². The molecule has 2 fully saturated rings. The van der Waals surface area contributed by atoms with Crippen molar-refractivity contribution < 1.29 is 4.79 Å². The first-order valence-electron chi connectivity index (χ1n) is 7.28. The molecule has 2 aromatic heterocycles. The molecule has 22 heavy (non-hydrogen) atoms. The summed E-state index contributed by atoms with van der Waals surface area (Å²) >= 11 is 3.33. The molecule has 0 saturated carbocycles. The van der Waals surface area contributed by atoms with Crippen molar-refractivity contribution in [1.29, 1.82) is 0 Å². The largest absolute Gasteiger partial charge is 0.336 e. The van der Waals surface area contributed by atoms with Gasteiger partial charge in [0.25, 0.3) is 0 Å². The molecule has 2 aromatic rings. The van der Waals surface area contributed by atoms with E-state index in [-0.39, 0.29) is 5.91 Å². The molecule has 2 aliphatic rings. The second-order valence-electron chi connectivity index (χ2n) is 5.59. The number of halogens is 1. The predicted octanol–water partition coefficient (Wildman–Crippen LogP) is 1.62. The number of amides is 1. The fourth-order valence-corrected chi connectivity index (χ4v) is 3.05. The van der Waals surface area contributed by atoms with Crippen LogP contribution in [0.15, 0.2) is 29.3 Å². The molecule has 0 N–H and O–H groups in total. The van der Waals surface area contributed by atoms with Gasteiger partial charge in [-0.15, -0.1) is 0 Å². The molecular formula is C14H15BrN6O. The van der Waals surface area contributed by atoms with E-state index >= 15 is 0 Å². The van der Waals surface area contributed by atoms with E-state index in [0.29, 0.717) is 12.5 Å². The maximum Gasteiger partial charge on any atom is 0.227 e. The van der Waals surface area contributed by atoms with Crippen LogP contribution in [0, 0.1) is 0 Å². The number of hydrogen-bond donors (Lipinski definition) is 0. The molecule has 2 aliphatic heterocycles. The van der Waals surface area contributed by atoms with Crippen LogP contribution < -0.4 is 9.80 Å². The molecule has 0 aliphatic carbocycles. The van der Waals surface area contributed by atoms with Crippen LogP contribution in [0.2, 0.25) is 0 Å². The monoisotopic (exact) mass is 362 g/mol. The van der Waals surface area contributed by atoms with Gasteiger partial charge in [0.05, 0.1) is 22.4 Å². The Balaban J connectivity index is 1.42. The molecule has 0 aromatic carbocycles. The van der Waals surface area contributed by atoms with E-state index in [9.17, 15) is 4.79 Å². The Labute approximate surface area is 136 Å². The molecule has 4 heterocycles. The summed E-state index contributed by atoms with van der Waals surface area (Å²) in [6.45, 7) is 2.46. The average molecular weight is 363 g/mol. The van der Waals surface area contributed by atoms with Crippen LogP contribution in [0.3, 0.4) is 0 Å². The molecular weight excluding hydrogens is 348 g/mol. The molecule has 7 nitrogen and oxygen atoms in total. The SMILES string of the molecule is O=C1CCCN1c1cnn(C2CN(c3ncc(Br)cn3)C2)c1. The molecule has 0 radical (unpaired) electrons.